The molecule has 82 heavy (non-hydrogen) atoms. The second-order valence-corrected chi connectivity index (χ2v) is 20.0. The molecule has 6 aromatic rings. The number of rotatable bonds is 3. The molecule has 0 radical (unpaired) electrons. The number of halogens is 9. The maximum absolute atomic E-state index is 13.2. The number of hydrogen-bond acceptors (Lipinski definition) is 14. The third-order valence-corrected chi connectivity index (χ3v) is 12.8. The van der Waals surface area contributed by atoms with E-state index in [0.717, 1.165) is 42.1 Å². The van der Waals surface area contributed by atoms with Gasteiger partial charge in [0.05, 0.1) is 103 Å². The summed E-state index contributed by atoms with van der Waals surface area (Å²) in [6, 6.07) is 30.4. The third-order valence-electron chi connectivity index (χ3n) is 12.8. The first-order chi connectivity index (χ1) is 38.9. The van der Waals surface area contributed by atoms with Crippen LogP contribution in [0.25, 0.3) is 0 Å². The number of ether oxygens (including phenoxy) is 8. The van der Waals surface area contributed by atoms with Crippen LogP contribution in [-0.4, -0.2) is 92.0 Å². The SMILES string of the molecule is CC(C)(C)OC(=O)OC1C=CCOC1.FC(F)(F)c1ccc2c(c1)N([C@@H]1C=CCOC1)c1ccccc1O2.FC(F)(F)c1ccc2c(c1)Nc1ccccc1O2.O[C@H]1[C@@H](O)COC[C@@H]1N1c2ccccc2Oc2ccc(C(F)(F)F)cc21. The van der Waals surface area contributed by atoms with Crippen LogP contribution in [0.15, 0.2) is 152 Å². The fraction of sp³-hybridized carbons (Fsp3) is 0.305. The van der Waals surface area contributed by atoms with Gasteiger partial charge in [0.25, 0.3) is 0 Å². The summed E-state index contributed by atoms with van der Waals surface area (Å²) in [6.45, 7) is 7.30. The zero-order valence-corrected chi connectivity index (χ0v) is 43.9. The lowest BCUT2D eigenvalue weighted by molar-refractivity contribution is -0.138. The molecule has 0 saturated carbocycles. The summed E-state index contributed by atoms with van der Waals surface area (Å²) in [5.41, 5.74) is 0.0288. The number of fused-ring (bicyclic) bond motifs is 6. The molecule has 0 aliphatic carbocycles. The van der Waals surface area contributed by atoms with Crippen molar-refractivity contribution < 1.29 is 92.4 Å². The summed E-state index contributed by atoms with van der Waals surface area (Å²) in [6.07, 6.45) is -9.11. The van der Waals surface area contributed by atoms with Gasteiger partial charge in [0.15, 0.2) is 34.5 Å². The number of anilines is 6. The quantitative estimate of drug-likeness (QED) is 0.0875. The van der Waals surface area contributed by atoms with E-state index < -0.39 is 65.2 Å². The minimum absolute atomic E-state index is 0.0287. The molecule has 23 heteroatoms. The van der Waals surface area contributed by atoms with Gasteiger partial charge in [-0.05, 0) is 118 Å². The van der Waals surface area contributed by atoms with Gasteiger partial charge in [0.2, 0.25) is 0 Å². The minimum Gasteiger partial charge on any atom is -0.453 e. The lowest BCUT2D eigenvalue weighted by Gasteiger charge is -2.43. The van der Waals surface area contributed by atoms with Gasteiger partial charge in [-0.1, -0.05) is 54.6 Å². The predicted molar refractivity (Wildman–Crippen MR) is 283 cm³/mol. The van der Waals surface area contributed by atoms with Crippen LogP contribution in [0, 0.1) is 0 Å². The zero-order chi connectivity index (χ0) is 58.6. The maximum atomic E-state index is 13.2. The van der Waals surface area contributed by atoms with Crippen molar-refractivity contribution in [3.8, 4) is 34.5 Å². The minimum atomic E-state index is -4.52. The summed E-state index contributed by atoms with van der Waals surface area (Å²) in [7, 11) is 0. The Labute approximate surface area is 464 Å². The summed E-state index contributed by atoms with van der Waals surface area (Å²) in [4.78, 5) is 14.6. The zero-order valence-electron chi connectivity index (χ0n) is 43.9. The Morgan fingerprint density at radius 3 is 1.55 bits per heavy atom. The van der Waals surface area contributed by atoms with Crippen LogP contribution in [0.4, 0.5) is 78.4 Å². The van der Waals surface area contributed by atoms with E-state index >= 15 is 0 Å². The molecule has 1 saturated heterocycles. The smallest absolute Gasteiger partial charge is 0.453 e. The van der Waals surface area contributed by atoms with E-state index in [4.69, 9.17) is 37.9 Å². The van der Waals surface area contributed by atoms with Gasteiger partial charge in [0.1, 0.15) is 23.9 Å². The lowest BCUT2D eigenvalue weighted by atomic mass is 9.99. The van der Waals surface area contributed by atoms with Crippen molar-refractivity contribution in [2.24, 2.45) is 0 Å². The van der Waals surface area contributed by atoms with Crippen LogP contribution in [0.1, 0.15) is 37.5 Å². The fourth-order valence-electron chi connectivity index (χ4n) is 9.11. The number of alkyl halides is 9. The number of hydrogen-bond donors (Lipinski definition) is 3. The fourth-order valence-corrected chi connectivity index (χ4v) is 9.11. The second-order valence-electron chi connectivity index (χ2n) is 20.0. The van der Waals surface area contributed by atoms with E-state index in [1.54, 1.807) is 86.3 Å². The maximum Gasteiger partial charge on any atom is 0.509 e. The Hall–Kier alpha value is -7.96. The number of para-hydroxylation sites is 6. The van der Waals surface area contributed by atoms with Crippen LogP contribution < -0.4 is 29.3 Å². The molecule has 5 atom stereocenters. The molecule has 14 nitrogen and oxygen atoms in total. The van der Waals surface area contributed by atoms with Crippen LogP contribution in [0.3, 0.4) is 0 Å². The second kappa shape index (κ2) is 24.2. The Morgan fingerprint density at radius 1 is 0.524 bits per heavy atom. The first-order valence-corrected chi connectivity index (χ1v) is 25.5. The predicted octanol–water partition coefficient (Wildman–Crippen LogP) is 14.4. The Morgan fingerprint density at radius 2 is 1.00 bits per heavy atom. The van der Waals surface area contributed by atoms with Crippen LogP contribution in [-0.2, 0) is 42.2 Å². The summed E-state index contributed by atoms with van der Waals surface area (Å²) < 4.78 is 160. The average molecular weight is 1150 g/mol. The van der Waals surface area contributed by atoms with Crippen molar-refractivity contribution in [3.05, 3.63) is 168 Å². The largest absolute Gasteiger partial charge is 0.509 e. The van der Waals surface area contributed by atoms with Gasteiger partial charge in [-0.15, -0.1) is 0 Å². The van der Waals surface area contributed by atoms with Crippen molar-refractivity contribution in [2.75, 3.05) is 54.8 Å². The van der Waals surface area contributed by atoms with Crippen LogP contribution >= 0.6 is 0 Å². The highest BCUT2D eigenvalue weighted by Crippen LogP contribution is 2.52. The van der Waals surface area contributed by atoms with E-state index in [1.165, 1.54) is 18.2 Å². The third kappa shape index (κ3) is 14.0. The van der Waals surface area contributed by atoms with Crippen molar-refractivity contribution in [3.63, 3.8) is 0 Å². The Balaban J connectivity index is 0.000000135. The van der Waals surface area contributed by atoms with Gasteiger partial charge in [-0.2, -0.15) is 39.5 Å². The van der Waals surface area contributed by atoms with Gasteiger partial charge in [-0.25, -0.2) is 4.79 Å². The number of aliphatic hydroxyl groups is 2. The number of aliphatic hydroxyl groups excluding tert-OH is 2. The number of carbonyl (C=O) groups is 1. The molecule has 0 bridgehead atoms. The normalized spacial score (nSPS) is 20.3. The summed E-state index contributed by atoms with van der Waals surface area (Å²) in [5, 5.41) is 23.3. The van der Waals surface area contributed by atoms with E-state index in [0.29, 0.717) is 77.9 Å². The van der Waals surface area contributed by atoms with Gasteiger partial charge in [0, 0.05) is 0 Å². The molecule has 0 spiro atoms. The topological polar surface area (TPSA) is 150 Å². The van der Waals surface area contributed by atoms with Crippen molar-refractivity contribution in [1.29, 1.82) is 0 Å². The van der Waals surface area contributed by atoms with E-state index in [-0.39, 0.29) is 36.8 Å². The van der Waals surface area contributed by atoms with E-state index in [1.807, 2.05) is 41.3 Å². The molecule has 6 heterocycles. The molecule has 3 N–H and O–H groups in total. The summed E-state index contributed by atoms with van der Waals surface area (Å²) >= 11 is 0. The van der Waals surface area contributed by atoms with E-state index in [9.17, 15) is 54.5 Å². The molecule has 1 unspecified atom stereocenters. The first-order valence-electron chi connectivity index (χ1n) is 25.5. The highest BCUT2D eigenvalue weighted by Gasteiger charge is 2.42. The van der Waals surface area contributed by atoms with Gasteiger partial charge >= 0.3 is 24.7 Å². The number of nitrogens with one attached hydrogen (secondary N) is 1. The highest BCUT2D eigenvalue weighted by atomic mass is 19.4. The molecule has 6 aliphatic rings. The van der Waals surface area contributed by atoms with Crippen molar-refractivity contribution >= 4 is 40.3 Å². The van der Waals surface area contributed by atoms with Crippen molar-refractivity contribution in [2.45, 2.75) is 75.3 Å². The number of nitrogens with zero attached hydrogens (tertiary/aromatic N) is 2. The average Bonchev–Trinajstić information content (AvgIpc) is 3.45. The molecular weight excluding hydrogens is 1100 g/mol. The highest BCUT2D eigenvalue weighted by molar-refractivity contribution is 5.81. The van der Waals surface area contributed by atoms with Crippen molar-refractivity contribution in [1.82, 2.24) is 0 Å². The summed E-state index contributed by atoms with van der Waals surface area (Å²) in [5.74, 6) is 2.70. The monoisotopic (exact) mass is 1150 g/mol. The van der Waals surface area contributed by atoms with E-state index in [2.05, 4.69) is 5.32 Å². The van der Waals surface area contributed by atoms with Gasteiger partial charge < -0.3 is 63.2 Å². The lowest BCUT2D eigenvalue weighted by Crippen LogP contribution is -2.55. The standard InChI is InChI=1S/C18H16F3NO4.C18H14F3NO2.C13H8F3NO.C10H16O4/c19-18(20,21)10-5-6-16-12(7-10)22(11-3-1-2-4-15(11)26-16)13-8-25-9-14(23)17(13)24;19-18(20,21)12-7-8-17-15(10-12)22(13-4-3-9-23-11-13)14-5-1-2-6-16(14)24-17;14-13(15,16)8-5-6-12-10(7-8)17-9-3-1-2-4-11(9)18-12;1-10(2,3)14-9(11)13-8-5-4-6-12-7-8/h1-7,13-14,17,23-24H,8-9H2;1-8,10,13H,9,11H2;1-7,17H;4-5,8H,6-7H2,1-3H3/t13-,14-,17+;13-;;/m01../s1. The number of benzene rings is 6. The molecule has 434 valence electrons. The first kappa shape index (κ1) is 58.7. The molecule has 12 rings (SSSR count). The van der Waals surface area contributed by atoms with Gasteiger partial charge in [-0.3, -0.25) is 0 Å². The number of carbonyl (C=O) groups excluding carboxylic acids is 1. The molecule has 6 aromatic carbocycles. The molecule has 0 aromatic heterocycles. The molecule has 6 aliphatic heterocycles. The van der Waals surface area contributed by atoms with Crippen LogP contribution in [0.2, 0.25) is 0 Å². The molecule has 0 amide bonds. The molecular formula is C59H54F9N3O11. The van der Waals surface area contributed by atoms with Crippen LogP contribution in [0.5, 0.6) is 34.5 Å². The molecule has 1 fully saturated rings. The Kier molecular flexibility index (Phi) is 17.4. The Bertz CT molecular complexity index is 3290.